The number of carbonyl (C=O) groups excluding carboxylic acids is 1. The summed E-state index contributed by atoms with van der Waals surface area (Å²) < 4.78 is 7.44. The summed E-state index contributed by atoms with van der Waals surface area (Å²) in [5.74, 6) is 0.0132. The molecule has 1 amide bonds. The summed E-state index contributed by atoms with van der Waals surface area (Å²) in [5.41, 5.74) is 2.00. The summed E-state index contributed by atoms with van der Waals surface area (Å²) in [7, 11) is 1.99. The van der Waals surface area contributed by atoms with E-state index in [0.29, 0.717) is 0 Å². The van der Waals surface area contributed by atoms with Crippen molar-refractivity contribution in [2.75, 3.05) is 50.1 Å². The van der Waals surface area contributed by atoms with Crippen LogP contribution in [0.3, 0.4) is 0 Å². The summed E-state index contributed by atoms with van der Waals surface area (Å²) in [6.45, 7) is 7.05. The first-order valence-electron chi connectivity index (χ1n) is 9.53. The molecule has 1 fully saturated rings. The van der Waals surface area contributed by atoms with Crippen LogP contribution in [0.15, 0.2) is 43.0 Å². The van der Waals surface area contributed by atoms with Gasteiger partial charge in [0.1, 0.15) is 0 Å². The molecule has 0 spiro atoms. The smallest absolute Gasteiger partial charge is 0.241 e. The van der Waals surface area contributed by atoms with Crippen molar-refractivity contribution in [3.05, 3.63) is 43.0 Å². The van der Waals surface area contributed by atoms with Crippen LogP contribution in [0.4, 0.5) is 11.4 Å². The summed E-state index contributed by atoms with van der Waals surface area (Å²) in [4.78, 5) is 21.0. The first kappa shape index (κ1) is 19.4. The minimum Gasteiger partial charge on any atom is -0.378 e. The lowest BCUT2D eigenvalue weighted by atomic mass is 10.2. The number of amides is 1. The Morgan fingerprint density at radius 2 is 2.04 bits per heavy atom. The number of likely N-dealkylation sites (N-methyl/N-ethyl adjacent to an activating group) is 1. The quantitative estimate of drug-likeness (QED) is 0.770. The lowest BCUT2D eigenvalue weighted by Gasteiger charge is -2.29. The first-order valence-corrected chi connectivity index (χ1v) is 9.53. The van der Waals surface area contributed by atoms with Crippen molar-refractivity contribution in [3.63, 3.8) is 0 Å². The fraction of sp³-hybridized carbons (Fsp3) is 0.500. The van der Waals surface area contributed by atoms with Crippen LogP contribution in [-0.2, 0) is 16.1 Å². The van der Waals surface area contributed by atoms with E-state index in [1.165, 1.54) is 5.69 Å². The second-order valence-electron chi connectivity index (χ2n) is 6.95. The standard InChI is InChI=1S/C20H29N5O2/c1-17(23(2)9-3-10-24-11-8-21-16-24)20(26)22-18-4-6-19(7-5-18)25-12-14-27-15-13-25/h4-8,11,16-17H,3,9-10,12-15H2,1-2H3,(H,22,26). The van der Waals surface area contributed by atoms with Gasteiger partial charge in [0.25, 0.3) is 0 Å². The highest BCUT2D eigenvalue weighted by atomic mass is 16.5. The molecule has 3 rings (SSSR count). The zero-order valence-corrected chi connectivity index (χ0v) is 16.2. The molecule has 27 heavy (non-hydrogen) atoms. The number of nitrogens with zero attached hydrogens (tertiary/aromatic N) is 4. The van der Waals surface area contributed by atoms with E-state index in [-0.39, 0.29) is 11.9 Å². The van der Waals surface area contributed by atoms with Crippen molar-refractivity contribution >= 4 is 17.3 Å². The third-order valence-electron chi connectivity index (χ3n) is 5.04. The number of hydrogen-bond acceptors (Lipinski definition) is 5. The van der Waals surface area contributed by atoms with Gasteiger partial charge < -0.3 is 19.5 Å². The van der Waals surface area contributed by atoms with Crippen molar-refractivity contribution in [3.8, 4) is 0 Å². The van der Waals surface area contributed by atoms with Gasteiger partial charge in [0.2, 0.25) is 5.91 Å². The Morgan fingerprint density at radius 3 is 2.70 bits per heavy atom. The van der Waals surface area contributed by atoms with Gasteiger partial charge in [-0.2, -0.15) is 0 Å². The number of nitrogens with one attached hydrogen (secondary N) is 1. The maximum atomic E-state index is 12.5. The lowest BCUT2D eigenvalue weighted by molar-refractivity contribution is -0.120. The van der Waals surface area contributed by atoms with E-state index in [1.807, 2.05) is 38.6 Å². The average Bonchev–Trinajstić information content (AvgIpc) is 3.22. The Bertz CT molecular complexity index is 696. The number of aromatic nitrogens is 2. The van der Waals surface area contributed by atoms with E-state index in [9.17, 15) is 4.79 Å². The van der Waals surface area contributed by atoms with Crippen molar-refractivity contribution < 1.29 is 9.53 Å². The molecule has 0 aliphatic carbocycles. The van der Waals surface area contributed by atoms with Crippen LogP contribution in [0.5, 0.6) is 0 Å². The zero-order chi connectivity index (χ0) is 19.1. The number of hydrogen-bond donors (Lipinski definition) is 1. The second-order valence-corrected chi connectivity index (χ2v) is 6.95. The molecule has 1 saturated heterocycles. The Hall–Kier alpha value is -2.38. The minimum atomic E-state index is -0.188. The summed E-state index contributed by atoms with van der Waals surface area (Å²) >= 11 is 0. The number of rotatable bonds is 8. The maximum Gasteiger partial charge on any atom is 0.241 e. The number of morpholine rings is 1. The fourth-order valence-electron chi connectivity index (χ4n) is 3.14. The Balaban J connectivity index is 1.45. The van der Waals surface area contributed by atoms with Crippen LogP contribution >= 0.6 is 0 Å². The highest BCUT2D eigenvalue weighted by molar-refractivity contribution is 5.94. The first-order chi connectivity index (χ1) is 13.1. The van der Waals surface area contributed by atoms with Crippen molar-refractivity contribution in [1.29, 1.82) is 0 Å². The van der Waals surface area contributed by atoms with Crippen LogP contribution < -0.4 is 10.2 Å². The zero-order valence-electron chi connectivity index (χ0n) is 16.2. The normalized spacial score (nSPS) is 15.7. The largest absolute Gasteiger partial charge is 0.378 e. The molecule has 146 valence electrons. The molecule has 0 saturated carbocycles. The summed E-state index contributed by atoms with van der Waals surface area (Å²) in [6.07, 6.45) is 6.52. The van der Waals surface area contributed by atoms with Crippen LogP contribution in [0, 0.1) is 0 Å². The van der Waals surface area contributed by atoms with Gasteiger partial charge in [0.05, 0.1) is 25.6 Å². The molecule has 2 aromatic rings. The van der Waals surface area contributed by atoms with E-state index < -0.39 is 0 Å². The van der Waals surface area contributed by atoms with Gasteiger partial charge in [-0.1, -0.05) is 0 Å². The predicted molar refractivity (Wildman–Crippen MR) is 107 cm³/mol. The highest BCUT2D eigenvalue weighted by Crippen LogP contribution is 2.19. The van der Waals surface area contributed by atoms with E-state index in [1.54, 1.807) is 6.20 Å². The number of imidazole rings is 1. The van der Waals surface area contributed by atoms with Crippen molar-refractivity contribution in [1.82, 2.24) is 14.5 Å². The molecule has 7 heteroatoms. The number of benzene rings is 1. The Labute approximate surface area is 160 Å². The molecular formula is C20H29N5O2. The summed E-state index contributed by atoms with van der Waals surface area (Å²) in [6, 6.07) is 7.86. The number of carbonyl (C=O) groups is 1. The second kappa shape index (κ2) is 9.53. The van der Waals surface area contributed by atoms with Crippen LogP contribution in [0.1, 0.15) is 13.3 Å². The van der Waals surface area contributed by atoms with Crippen LogP contribution in [0.25, 0.3) is 0 Å². The average molecular weight is 371 g/mol. The van der Waals surface area contributed by atoms with Crippen molar-refractivity contribution in [2.45, 2.75) is 25.9 Å². The summed E-state index contributed by atoms with van der Waals surface area (Å²) in [5, 5.41) is 3.02. The molecule has 1 aliphatic rings. The lowest BCUT2D eigenvalue weighted by Crippen LogP contribution is -2.40. The third-order valence-corrected chi connectivity index (χ3v) is 5.04. The van der Waals surface area contributed by atoms with Gasteiger partial charge >= 0.3 is 0 Å². The van der Waals surface area contributed by atoms with Gasteiger partial charge in [-0.15, -0.1) is 0 Å². The van der Waals surface area contributed by atoms with Gasteiger partial charge in [-0.05, 0) is 44.7 Å². The fourth-order valence-corrected chi connectivity index (χ4v) is 3.14. The third kappa shape index (κ3) is 5.55. The van der Waals surface area contributed by atoms with Crippen molar-refractivity contribution in [2.24, 2.45) is 0 Å². The molecule has 2 heterocycles. The number of anilines is 2. The van der Waals surface area contributed by atoms with E-state index in [4.69, 9.17) is 4.74 Å². The molecule has 1 aliphatic heterocycles. The topological polar surface area (TPSA) is 62.6 Å². The van der Waals surface area contributed by atoms with Crippen LogP contribution in [0.2, 0.25) is 0 Å². The molecule has 0 bridgehead atoms. The Morgan fingerprint density at radius 1 is 1.30 bits per heavy atom. The highest BCUT2D eigenvalue weighted by Gasteiger charge is 2.18. The van der Waals surface area contributed by atoms with Gasteiger partial charge in [-0.25, -0.2) is 4.98 Å². The van der Waals surface area contributed by atoms with Gasteiger partial charge in [-0.3, -0.25) is 9.69 Å². The molecule has 1 aromatic carbocycles. The minimum absolute atomic E-state index is 0.0132. The van der Waals surface area contributed by atoms with Crippen LogP contribution in [-0.4, -0.2) is 66.3 Å². The van der Waals surface area contributed by atoms with E-state index in [2.05, 4.69) is 36.8 Å². The molecule has 7 nitrogen and oxygen atoms in total. The Kier molecular flexibility index (Phi) is 6.84. The maximum absolute atomic E-state index is 12.5. The molecule has 0 radical (unpaired) electrons. The van der Waals surface area contributed by atoms with E-state index >= 15 is 0 Å². The van der Waals surface area contributed by atoms with E-state index in [0.717, 1.165) is 51.5 Å². The molecular weight excluding hydrogens is 342 g/mol. The molecule has 1 N–H and O–H groups in total. The van der Waals surface area contributed by atoms with Gasteiger partial charge in [0, 0.05) is 49.9 Å². The molecule has 1 unspecified atom stereocenters. The predicted octanol–water partition coefficient (Wildman–Crippen LogP) is 2.07. The number of ether oxygens (including phenoxy) is 1. The van der Waals surface area contributed by atoms with Gasteiger partial charge in [0.15, 0.2) is 0 Å². The monoisotopic (exact) mass is 371 g/mol. The SMILES string of the molecule is CC(C(=O)Nc1ccc(N2CCOCC2)cc1)N(C)CCCn1ccnc1. The number of aryl methyl sites for hydroxylation is 1. The molecule has 1 aromatic heterocycles. The molecule has 1 atom stereocenters.